The monoisotopic (exact) mass is 337 g/mol. The molecule has 0 radical (unpaired) electrons. The quantitative estimate of drug-likeness (QED) is 0.754. The second-order valence-electron chi connectivity index (χ2n) is 6.42. The van der Waals surface area contributed by atoms with Crippen LogP contribution in [0.3, 0.4) is 0 Å². The zero-order valence-electron chi connectivity index (χ0n) is 14.3. The molecule has 5 heteroatoms. The van der Waals surface area contributed by atoms with Crippen LogP contribution in [0.5, 0.6) is 0 Å². The lowest BCUT2D eigenvalue weighted by Crippen LogP contribution is -2.36. The average molecular weight is 337 g/mol. The number of urea groups is 1. The van der Waals surface area contributed by atoms with Gasteiger partial charge in [0.15, 0.2) is 0 Å². The first-order chi connectivity index (χ1) is 12.1. The lowest BCUT2D eigenvalue weighted by molar-refractivity contribution is -0.117. The van der Waals surface area contributed by atoms with E-state index in [1.807, 2.05) is 61.5 Å². The van der Waals surface area contributed by atoms with Gasteiger partial charge in [0.25, 0.3) is 0 Å². The van der Waals surface area contributed by atoms with Crippen LogP contribution in [-0.4, -0.2) is 11.9 Å². The predicted molar refractivity (Wildman–Crippen MR) is 98.0 cm³/mol. The Morgan fingerprint density at radius 1 is 1.08 bits per heavy atom. The van der Waals surface area contributed by atoms with Crippen LogP contribution in [-0.2, 0) is 11.3 Å². The van der Waals surface area contributed by atoms with Gasteiger partial charge < -0.3 is 16.0 Å². The van der Waals surface area contributed by atoms with E-state index >= 15 is 0 Å². The molecular weight excluding hydrogens is 314 g/mol. The number of amides is 3. The number of carbonyl (C=O) groups is 2. The van der Waals surface area contributed by atoms with Crippen LogP contribution >= 0.6 is 0 Å². The first kappa shape index (κ1) is 17.0. The minimum atomic E-state index is -0.219. The maximum atomic E-state index is 12.1. The van der Waals surface area contributed by atoms with Crippen molar-refractivity contribution in [3.05, 3.63) is 65.7 Å². The van der Waals surface area contributed by atoms with Gasteiger partial charge >= 0.3 is 6.03 Å². The summed E-state index contributed by atoms with van der Waals surface area (Å²) < 4.78 is 0. The minimum absolute atomic E-state index is 0.0645. The number of carbonyl (C=O) groups excluding carboxylic acids is 2. The highest BCUT2D eigenvalue weighted by Crippen LogP contribution is 2.30. The highest BCUT2D eigenvalue weighted by atomic mass is 16.2. The fourth-order valence-corrected chi connectivity index (χ4v) is 2.60. The first-order valence-corrected chi connectivity index (χ1v) is 8.61. The number of benzene rings is 2. The number of nitrogens with one attached hydrogen (secondary N) is 3. The molecule has 1 atom stereocenters. The zero-order chi connectivity index (χ0) is 17.6. The Labute approximate surface area is 147 Å². The molecule has 5 nitrogen and oxygen atoms in total. The third-order valence-corrected chi connectivity index (χ3v) is 4.24. The van der Waals surface area contributed by atoms with Gasteiger partial charge in [0.05, 0.1) is 6.04 Å². The summed E-state index contributed by atoms with van der Waals surface area (Å²) in [5.74, 6) is 0.256. The fraction of sp³-hybridized carbons (Fsp3) is 0.300. The zero-order valence-corrected chi connectivity index (χ0v) is 14.3. The molecule has 25 heavy (non-hydrogen) atoms. The summed E-state index contributed by atoms with van der Waals surface area (Å²) in [4.78, 5) is 23.9. The summed E-state index contributed by atoms with van der Waals surface area (Å²) in [5, 5.41) is 8.69. The molecule has 1 fully saturated rings. The van der Waals surface area contributed by atoms with Crippen molar-refractivity contribution in [2.45, 2.75) is 32.4 Å². The highest BCUT2D eigenvalue weighted by Gasteiger charge is 2.29. The smallest absolute Gasteiger partial charge is 0.315 e. The van der Waals surface area contributed by atoms with E-state index < -0.39 is 0 Å². The maximum Gasteiger partial charge on any atom is 0.315 e. The van der Waals surface area contributed by atoms with E-state index in [9.17, 15) is 9.59 Å². The molecule has 3 amide bonds. The van der Waals surface area contributed by atoms with Crippen molar-refractivity contribution in [2.75, 3.05) is 5.32 Å². The van der Waals surface area contributed by atoms with Crippen LogP contribution in [0.1, 0.15) is 36.9 Å². The molecule has 2 aromatic carbocycles. The van der Waals surface area contributed by atoms with Crippen LogP contribution in [0.2, 0.25) is 0 Å². The van der Waals surface area contributed by atoms with Crippen LogP contribution in [0.25, 0.3) is 0 Å². The van der Waals surface area contributed by atoms with E-state index in [0.717, 1.165) is 29.7 Å². The fourth-order valence-electron chi connectivity index (χ4n) is 2.60. The van der Waals surface area contributed by atoms with E-state index in [-0.39, 0.29) is 23.9 Å². The predicted octanol–water partition coefficient (Wildman–Crippen LogP) is 3.60. The molecule has 0 spiro atoms. The molecule has 1 aliphatic carbocycles. The van der Waals surface area contributed by atoms with E-state index in [2.05, 4.69) is 16.0 Å². The number of rotatable bonds is 6. The Morgan fingerprint density at radius 2 is 1.84 bits per heavy atom. The van der Waals surface area contributed by atoms with E-state index in [1.54, 1.807) is 0 Å². The Bertz CT molecular complexity index is 742. The standard InChI is InChI=1S/C20H23N3O2/c1-14(16-7-3-2-4-8-16)22-20(25)21-13-15-6-5-9-18(12-15)23-19(24)17-10-11-17/h2-9,12,14,17H,10-11,13H2,1H3,(H,23,24)(H2,21,22,25)/t14-/m1/s1. The average Bonchev–Trinajstić information content (AvgIpc) is 3.46. The Kier molecular flexibility index (Phi) is 5.33. The Balaban J connectivity index is 1.49. The highest BCUT2D eigenvalue weighted by molar-refractivity contribution is 5.94. The number of anilines is 1. The summed E-state index contributed by atoms with van der Waals surface area (Å²) in [7, 11) is 0. The van der Waals surface area contributed by atoms with E-state index in [4.69, 9.17) is 0 Å². The summed E-state index contributed by atoms with van der Waals surface area (Å²) in [6, 6.07) is 17.1. The molecule has 0 aliphatic heterocycles. The Morgan fingerprint density at radius 3 is 2.56 bits per heavy atom. The van der Waals surface area contributed by atoms with Crippen molar-refractivity contribution in [3.63, 3.8) is 0 Å². The third kappa shape index (κ3) is 5.08. The number of hydrogen-bond donors (Lipinski definition) is 3. The largest absolute Gasteiger partial charge is 0.334 e. The molecule has 0 saturated heterocycles. The third-order valence-electron chi connectivity index (χ3n) is 4.24. The van der Waals surface area contributed by atoms with Crippen LogP contribution in [0, 0.1) is 5.92 Å². The van der Waals surface area contributed by atoms with Gasteiger partial charge in [-0.05, 0) is 43.0 Å². The summed E-state index contributed by atoms with van der Waals surface area (Å²) in [6.07, 6.45) is 1.96. The van der Waals surface area contributed by atoms with Crippen molar-refractivity contribution < 1.29 is 9.59 Å². The van der Waals surface area contributed by atoms with E-state index in [0.29, 0.717) is 6.54 Å². The normalized spacial score (nSPS) is 14.4. The molecular formula is C20H23N3O2. The molecule has 0 aromatic heterocycles. The van der Waals surface area contributed by atoms with Gasteiger partial charge in [-0.15, -0.1) is 0 Å². The first-order valence-electron chi connectivity index (χ1n) is 8.61. The molecule has 1 aliphatic rings. The van der Waals surface area contributed by atoms with Crippen molar-refractivity contribution in [1.29, 1.82) is 0 Å². The van der Waals surface area contributed by atoms with Gasteiger partial charge in [0.1, 0.15) is 0 Å². The molecule has 0 heterocycles. The van der Waals surface area contributed by atoms with Crippen LogP contribution < -0.4 is 16.0 Å². The lowest BCUT2D eigenvalue weighted by atomic mass is 10.1. The van der Waals surface area contributed by atoms with Crippen LogP contribution in [0.15, 0.2) is 54.6 Å². The summed E-state index contributed by atoms with van der Waals surface area (Å²) >= 11 is 0. The second-order valence-corrected chi connectivity index (χ2v) is 6.42. The van der Waals surface area contributed by atoms with Gasteiger partial charge in [0, 0.05) is 18.2 Å². The molecule has 0 unspecified atom stereocenters. The van der Waals surface area contributed by atoms with E-state index in [1.165, 1.54) is 0 Å². The molecule has 130 valence electrons. The number of hydrogen-bond acceptors (Lipinski definition) is 2. The summed E-state index contributed by atoms with van der Waals surface area (Å²) in [6.45, 7) is 2.35. The van der Waals surface area contributed by atoms with Gasteiger partial charge in [-0.1, -0.05) is 42.5 Å². The lowest BCUT2D eigenvalue weighted by Gasteiger charge is -2.15. The van der Waals surface area contributed by atoms with Crippen molar-refractivity contribution in [1.82, 2.24) is 10.6 Å². The molecule has 1 saturated carbocycles. The van der Waals surface area contributed by atoms with Gasteiger partial charge in [-0.25, -0.2) is 4.79 Å². The van der Waals surface area contributed by atoms with Gasteiger partial charge in [0.2, 0.25) is 5.91 Å². The SMILES string of the molecule is C[C@@H](NC(=O)NCc1cccc(NC(=O)C2CC2)c1)c1ccccc1. The summed E-state index contributed by atoms with van der Waals surface area (Å²) in [5.41, 5.74) is 2.77. The Hall–Kier alpha value is -2.82. The molecule has 3 N–H and O–H groups in total. The molecule has 0 bridgehead atoms. The van der Waals surface area contributed by atoms with Gasteiger partial charge in [-0.2, -0.15) is 0 Å². The van der Waals surface area contributed by atoms with Crippen molar-refractivity contribution in [2.24, 2.45) is 5.92 Å². The van der Waals surface area contributed by atoms with Crippen molar-refractivity contribution in [3.8, 4) is 0 Å². The topological polar surface area (TPSA) is 70.2 Å². The van der Waals surface area contributed by atoms with Crippen molar-refractivity contribution >= 4 is 17.6 Å². The molecule has 3 rings (SSSR count). The van der Waals surface area contributed by atoms with Gasteiger partial charge in [-0.3, -0.25) is 4.79 Å². The minimum Gasteiger partial charge on any atom is -0.334 e. The maximum absolute atomic E-state index is 12.1. The van der Waals surface area contributed by atoms with Crippen LogP contribution in [0.4, 0.5) is 10.5 Å². The second kappa shape index (κ2) is 7.83. The molecule has 2 aromatic rings.